The van der Waals surface area contributed by atoms with E-state index in [0.717, 1.165) is 24.3 Å². The Morgan fingerprint density at radius 3 is 2.94 bits per heavy atom. The average Bonchev–Trinajstić information content (AvgIpc) is 2.80. The molecule has 2 rings (SSSR count). The molecule has 0 saturated heterocycles. The third-order valence-corrected chi connectivity index (χ3v) is 2.71. The van der Waals surface area contributed by atoms with Crippen LogP contribution in [0.2, 0.25) is 0 Å². The Balaban J connectivity index is 1.88. The number of nitrogens with zero attached hydrogens (tertiary/aromatic N) is 3. The fraction of sp³-hybridized carbons (Fsp3) is 0.385. The van der Waals surface area contributed by atoms with Gasteiger partial charge in [0.1, 0.15) is 11.6 Å². The van der Waals surface area contributed by atoms with Gasteiger partial charge in [0, 0.05) is 13.1 Å². The van der Waals surface area contributed by atoms with Crippen molar-refractivity contribution in [3.05, 3.63) is 41.8 Å². The zero-order valence-corrected chi connectivity index (χ0v) is 10.4. The van der Waals surface area contributed by atoms with Crippen molar-refractivity contribution >= 4 is 5.82 Å². The fourth-order valence-electron chi connectivity index (χ4n) is 1.80. The second kappa shape index (κ2) is 6.14. The topological polar surface area (TPSA) is 42.7 Å². The van der Waals surface area contributed by atoms with E-state index in [0.29, 0.717) is 13.0 Å². The van der Waals surface area contributed by atoms with Crippen molar-refractivity contribution in [2.24, 2.45) is 0 Å². The summed E-state index contributed by atoms with van der Waals surface area (Å²) in [4.78, 5) is 0. The predicted octanol–water partition coefficient (Wildman–Crippen LogP) is 2.48. The van der Waals surface area contributed by atoms with E-state index in [4.69, 9.17) is 0 Å². The van der Waals surface area contributed by atoms with Crippen molar-refractivity contribution in [3.63, 3.8) is 0 Å². The first-order valence-electron chi connectivity index (χ1n) is 6.17. The lowest BCUT2D eigenvalue weighted by Gasteiger charge is -2.08. The highest BCUT2D eigenvalue weighted by molar-refractivity contribution is 5.31. The highest BCUT2D eigenvalue weighted by Crippen LogP contribution is 2.09. The van der Waals surface area contributed by atoms with Crippen molar-refractivity contribution in [1.29, 1.82) is 0 Å². The molecule has 0 amide bonds. The minimum Gasteiger partial charge on any atom is -0.369 e. The smallest absolute Gasteiger partial charge is 0.144 e. The molecule has 4 nitrogen and oxygen atoms in total. The van der Waals surface area contributed by atoms with Gasteiger partial charge in [0.15, 0.2) is 0 Å². The molecular weight excluding hydrogens is 231 g/mol. The molecule has 0 aliphatic heterocycles. The van der Waals surface area contributed by atoms with Crippen LogP contribution in [-0.2, 0) is 13.0 Å². The average molecular weight is 248 g/mol. The molecule has 0 spiro atoms. The second-order valence-electron chi connectivity index (χ2n) is 4.11. The number of hydrogen-bond donors (Lipinski definition) is 1. The van der Waals surface area contributed by atoms with Crippen molar-refractivity contribution in [3.8, 4) is 0 Å². The lowest BCUT2D eigenvalue weighted by molar-refractivity contribution is 0.582. The molecule has 0 atom stereocenters. The summed E-state index contributed by atoms with van der Waals surface area (Å²) >= 11 is 0. The van der Waals surface area contributed by atoms with E-state index >= 15 is 0 Å². The molecule has 1 heterocycles. The molecule has 0 aliphatic rings. The maximum Gasteiger partial charge on any atom is 0.144 e. The third-order valence-electron chi connectivity index (χ3n) is 2.71. The fourth-order valence-corrected chi connectivity index (χ4v) is 1.80. The number of benzene rings is 1. The van der Waals surface area contributed by atoms with Crippen LogP contribution in [-0.4, -0.2) is 21.5 Å². The van der Waals surface area contributed by atoms with Gasteiger partial charge in [0.05, 0.1) is 6.20 Å². The minimum atomic E-state index is -0.153. The molecule has 2 aromatic rings. The SMILES string of the molecule is CCCn1nncc1NCCc1ccccc1F. The minimum absolute atomic E-state index is 0.153. The molecule has 0 saturated carbocycles. The highest BCUT2D eigenvalue weighted by atomic mass is 19.1. The molecular formula is C13H17FN4. The summed E-state index contributed by atoms with van der Waals surface area (Å²) in [5.41, 5.74) is 0.722. The summed E-state index contributed by atoms with van der Waals surface area (Å²) < 4.78 is 15.2. The van der Waals surface area contributed by atoms with Gasteiger partial charge in [-0.05, 0) is 24.5 Å². The second-order valence-corrected chi connectivity index (χ2v) is 4.11. The highest BCUT2D eigenvalue weighted by Gasteiger charge is 2.03. The van der Waals surface area contributed by atoms with E-state index in [1.54, 1.807) is 18.3 Å². The number of halogens is 1. The Kier molecular flexibility index (Phi) is 4.28. The molecule has 0 unspecified atom stereocenters. The summed E-state index contributed by atoms with van der Waals surface area (Å²) in [7, 11) is 0. The molecule has 5 heteroatoms. The number of aromatic nitrogens is 3. The Labute approximate surface area is 106 Å². The van der Waals surface area contributed by atoms with Gasteiger partial charge in [0.2, 0.25) is 0 Å². The molecule has 18 heavy (non-hydrogen) atoms. The first kappa shape index (κ1) is 12.5. The first-order chi connectivity index (χ1) is 8.81. The Hall–Kier alpha value is -1.91. The normalized spacial score (nSPS) is 10.6. The molecule has 0 radical (unpaired) electrons. The van der Waals surface area contributed by atoms with Crippen molar-refractivity contribution in [2.45, 2.75) is 26.3 Å². The maximum absolute atomic E-state index is 13.4. The van der Waals surface area contributed by atoms with E-state index in [1.807, 2.05) is 10.7 Å². The Morgan fingerprint density at radius 1 is 1.33 bits per heavy atom. The Morgan fingerprint density at radius 2 is 2.17 bits per heavy atom. The maximum atomic E-state index is 13.4. The zero-order valence-electron chi connectivity index (χ0n) is 10.4. The van der Waals surface area contributed by atoms with Crippen LogP contribution in [0, 0.1) is 5.82 Å². The van der Waals surface area contributed by atoms with Crippen molar-refractivity contribution in [2.75, 3.05) is 11.9 Å². The number of nitrogens with one attached hydrogen (secondary N) is 1. The van der Waals surface area contributed by atoms with Crippen LogP contribution in [0.25, 0.3) is 0 Å². The molecule has 0 fully saturated rings. The van der Waals surface area contributed by atoms with Gasteiger partial charge in [0.25, 0.3) is 0 Å². The quantitative estimate of drug-likeness (QED) is 0.854. The van der Waals surface area contributed by atoms with Gasteiger partial charge in [-0.25, -0.2) is 9.07 Å². The first-order valence-corrected chi connectivity index (χ1v) is 6.17. The van der Waals surface area contributed by atoms with E-state index in [2.05, 4.69) is 22.6 Å². The summed E-state index contributed by atoms with van der Waals surface area (Å²) in [5.74, 6) is 0.729. The molecule has 1 aromatic carbocycles. The van der Waals surface area contributed by atoms with E-state index in [1.165, 1.54) is 6.07 Å². The van der Waals surface area contributed by atoms with Crippen molar-refractivity contribution < 1.29 is 4.39 Å². The van der Waals surface area contributed by atoms with Crippen molar-refractivity contribution in [1.82, 2.24) is 15.0 Å². The monoisotopic (exact) mass is 248 g/mol. The number of hydrogen-bond acceptors (Lipinski definition) is 3. The van der Waals surface area contributed by atoms with E-state index in [9.17, 15) is 4.39 Å². The van der Waals surface area contributed by atoms with Gasteiger partial charge < -0.3 is 5.32 Å². The zero-order chi connectivity index (χ0) is 12.8. The van der Waals surface area contributed by atoms with Crippen LogP contribution in [0.1, 0.15) is 18.9 Å². The Bertz CT molecular complexity index is 495. The summed E-state index contributed by atoms with van der Waals surface area (Å²) in [6.45, 7) is 3.59. The number of rotatable bonds is 6. The largest absolute Gasteiger partial charge is 0.369 e. The van der Waals surface area contributed by atoms with Gasteiger partial charge in [-0.15, -0.1) is 5.10 Å². The standard InChI is InChI=1S/C13H17FN4/c1-2-9-18-13(10-16-17-18)15-8-7-11-5-3-4-6-12(11)14/h3-6,10,15H,2,7-9H2,1H3. The summed E-state index contributed by atoms with van der Waals surface area (Å²) in [5, 5.41) is 11.1. The molecule has 96 valence electrons. The van der Waals surface area contributed by atoms with Crippen LogP contribution in [0.4, 0.5) is 10.2 Å². The van der Waals surface area contributed by atoms with Gasteiger partial charge >= 0.3 is 0 Å². The van der Waals surface area contributed by atoms with Gasteiger partial charge in [-0.1, -0.05) is 30.3 Å². The van der Waals surface area contributed by atoms with E-state index in [-0.39, 0.29) is 5.82 Å². The number of anilines is 1. The molecule has 0 bridgehead atoms. The van der Waals surface area contributed by atoms with Gasteiger partial charge in [-0.2, -0.15) is 0 Å². The molecule has 1 N–H and O–H groups in total. The van der Waals surface area contributed by atoms with Crippen LogP contribution in [0.15, 0.2) is 30.5 Å². The van der Waals surface area contributed by atoms with Crippen LogP contribution in [0.3, 0.4) is 0 Å². The van der Waals surface area contributed by atoms with Crippen LogP contribution >= 0.6 is 0 Å². The summed E-state index contributed by atoms with van der Waals surface area (Å²) in [6, 6.07) is 6.84. The summed E-state index contributed by atoms with van der Waals surface area (Å²) in [6.07, 6.45) is 3.34. The lowest BCUT2D eigenvalue weighted by atomic mass is 10.1. The predicted molar refractivity (Wildman–Crippen MR) is 68.9 cm³/mol. The van der Waals surface area contributed by atoms with Crippen LogP contribution < -0.4 is 5.32 Å². The van der Waals surface area contributed by atoms with E-state index < -0.39 is 0 Å². The van der Waals surface area contributed by atoms with Crippen LogP contribution in [0.5, 0.6) is 0 Å². The molecule has 0 aliphatic carbocycles. The third kappa shape index (κ3) is 3.06. The van der Waals surface area contributed by atoms with Gasteiger partial charge in [-0.3, -0.25) is 0 Å². The lowest BCUT2D eigenvalue weighted by Crippen LogP contribution is -2.11. The number of aryl methyl sites for hydroxylation is 1. The molecule has 1 aromatic heterocycles.